The van der Waals surface area contributed by atoms with Gasteiger partial charge >= 0.3 is 0 Å². The maximum Gasteiger partial charge on any atom is 0.242 e. The second-order valence-electron chi connectivity index (χ2n) is 5.49. The highest BCUT2D eigenvalue weighted by atomic mass is 35.5. The van der Waals surface area contributed by atoms with Crippen molar-refractivity contribution in [3.05, 3.63) is 29.6 Å². The van der Waals surface area contributed by atoms with E-state index in [0.29, 0.717) is 24.4 Å². The van der Waals surface area contributed by atoms with E-state index in [1.54, 1.807) is 6.92 Å². The van der Waals surface area contributed by atoms with E-state index in [2.05, 4.69) is 0 Å². The quantitative estimate of drug-likeness (QED) is 0.867. The van der Waals surface area contributed by atoms with Gasteiger partial charge in [0.2, 0.25) is 10.0 Å². The lowest BCUT2D eigenvalue weighted by Crippen LogP contribution is -2.34. The van der Waals surface area contributed by atoms with Gasteiger partial charge in [-0.1, -0.05) is 13.8 Å². The molecule has 1 aromatic rings. The fourth-order valence-electron chi connectivity index (χ4n) is 1.82. The van der Waals surface area contributed by atoms with Gasteiger partial charge in [0.05, 0.1) is 4.90 Å². The molecule has 0 bridgehead atoms. The Balaban J connectivity index is 0.00000400. The maximum absolute atomic E-state index is 13.3. The summed E-state index contributed by atoms with van der Waals surface area (Å²) in [5, 5.41) is 0. The number of sulfonamides is 1. The molecule has 1 rings (SSSR count). The topological polar surface area (TPSA) is 63.4 Å². The van der Waals surface area contributed by atoms with Crippen LogP contribution in [0.15, 0.2) is 23.1 Å². The Labute approximate surface area is 133 Å². The monoisotopic (exact) mass is 338 g/mol. The van der Waals surface area contributed by atoms with Gasteiger partial charge < -0.3 is 5.73 Å². The first-order chi connectivity index (χ1) is 9.14. The second-order valence-corrected chi connectivity index (χ2v) is 7.53. The van der Waals surface area contributed by atoms with Gasteiger partial charge in [0.25, 0.3) is 0 Å². The zero-order valence-electron chi connectivity index (χ0n) is 12.8. The summed E-state index contributed by atoms with van der Waals surface area (Å²) in [7, 11) is -2.18. The molecule has 0 aliphatic rings. The van der Waals surface area contributed by atoms with Gasteiger partial charge in [-0.15, -0.1) is 12.4 Å². The molecule has 1 unspecified atom stereocenters. The first kappa shape index (κ1) is 20.3. The minimum Gasteiger partial charge on any atom is -0.327 e. The maximum atomic E-state index is 13.3. The summed E-state index contributed by atoms with van der Waals surface area (Å²) in [5.74, 6) is -0.252. The van der Waals surface area contributed by atoms with Crippen molar-refractivity contribution in [2.75, 3.05) is 13.6 Å². The summed E-state index contributed by atoms with van der Waals surface area (Å²) >= 11 is 0. The molecule has 0 aliphatic carbocycles. The van der Waals surface area contributed by atoms with Crippen molar-refractivity contribution >= 4 is 22.4 Å². The molecule has 4 nitrogen and oxygen atoms in total. The van der Waals surface area contributed by atoms with Gasteiger partial charge in [0.1, 0.15) is 5.82 Å². The van der Waals surface area contributed by atoms with E-state index in [1.165, 1.54) is 23.5 Å². The highest BCUT2D eigenvalue weighted by Crippen LogP contribution is 2.18. The summed E-state index contributed by atoms with van der Waals surface area (Å²) in [4.78, 5) is -0.0179. The van der Waals surface area contributed by atoms with Crippen LogP contribution in [-0.4, -0.2) is 32.4 Å². The summed E-state index contributed by atoms with van der Waals surface area (Å²) < 4.78 is 39.2. The molecule has 1 aromatic carbocycles. The van der Waals surface area contributed by atoms with Crippen LogP contribution in [0.3, 0.4) is 0 Å². The average Bonchev–Trinajstić information content (AvgIpc) is 2.33. The van der Waals surface area contributed by atoms with Crippen molar-refractivity contribution in [2.24, 2.45) is 11.7 Å². The predicted octanol–water partition coefficient (Wildman–Crippen LogP) is 2.55. The zero-order chi connectivity index (χ0) is 15.5. The van der Waals surface area contributed by atoms with Gasteiger partial charge in [-0.25, -0.2) is 17.1 Å². The molecule has 0 radical (unpaired) electrons. The Bertz CT molecular complexity index is 544. The number of aryl methyl sites for hydroxylation is 1. The van der Waals surface area contributed by atoms with Gasteiger partial charge in [-0.3, -0.25) is 0 Å². The smallest absolute Gasteiger partial charge is 0.242 e. The Morgan fingerprint density at radius 1 is 1.29 bits per heavy atom. The molecule has 0 heterocycles. The zero-order valence-corrected chi connectivity index (χ0v) is 14.5. The van der Waals surface area contributed by atoms with Crippen molar-refractivity contribution in [2.45, 2.75) is 38.1 Å². The lowest BCUT2D eigenvalue weighted by Gasteiger charge is -2.21. The highest BCUT2D eigenvalue weighted by Gasteiger charge is 2.22. The number of hydrogen-bond acceptors (Lipinski definition) is 3. The molecule has 0 spiro atoms. The molecule has 1 atom stereocenters. The van der Waals surface area contributed by atoms with E-state index in [1.807, 2.05) is 13.8 Å². The van der Waals surface area contributed by atoms with Crippen LogP contribution in [-0.2, 0) is 10.0 Å². The van der Waals surface area contributed by atoms with Crippen molar-refractivity contribution in [3.8, 4) is 0 Å². The van der Waals surface area contributed by atoms with Crippen molar-refractivity contribution in [1.82, 2.24) is 4.31 Å². The lowest BCUT2D eigenvalue weighted by atomic mass is 10.0. The number of nitrogens with two attached hydrogens (primary N) is 1. The SMILES string of the molecule is Cc1cc(F)cc(S(=O)(=O)N(C)CCC(N)C(C)C)c1.Cl. The first-order valence-corrected chi connectivity index (χ1v) is 8.07. The minimum atomic E-state index is -3.67. The summed E-state index contributed by atoms with van der Waals surface area (Å²) in [6, 6.07) is 3.76. The van der Waals surface area contributed by atoms with Crippen LogP contribution >= 0.6 is 12.4 Å². The third-order valence-corrected chi connectivity index (χ3v) is 5.19. The van der Waals surface area contributed by atoms with E-state index < -0.39 is 15.8 Å². The number of halogens is 2. The van der Waals surface area contributed by atoms with Gasteiger partial charge in [0, 0.05) is 19.6 Å². The Morgan fingerprint density at radius 3 is 2.33 bits per heavy atom. The standard InChI is InChI=1S/C14H23FN2O2S.ClH/c1-10(2)14(16)5-6-17(4)20(18,19)13-8-11(3)7-12(15)9-13;/h7-10,14H,5-6,16H2,1-4H3;1H. The third kappa shape index (κ3) is 5.54. The van der Waals surface area contributed by atoms with Crippen LogP contribution in [0.5, 0.6) is 0 Å². The van der Waals surface area contributed by atoms with E-state index >= 15 is 0 Å². The normalized spacial score (nSPS) is 13.3. The molecule has 0 saturated heterocycles. The first-order valence-electron chi connectivity index (χ1n) is 6.63. The molecular weight excluding hydrogens is 315 g/mol. The average molecular weight is 339 g/mol. The van der Waals surface area contributed by atoms with Crippen LogP contribution in [0.4, 0.5) is 4.39 Å². The number of rotatable bonds is 6. The van der Waals surface area contributed by atoms with E-state index in [4.69, 9.17) is 5.73 Å². The van der Waals surface area contributed by atoms with Crippen LogP contribution in [0, 0.1) is 18.7 Å². The van der Waals surface area contributed by atoms with E-state index in [0.717, 1.165) is 6.07 Å². The molecule has 0 saturated carbocycles. The van der Waals surface area contributed by atoms with Crippen LogP contribution in [0.25, 0.3) is 0 Å². The minimum absolute atomic E-state index is 0. The predicted molar refractivity (Wildman–Crippen MR) is 85.6 cm³/mol. The fourth-order valence-corrected chi connectivity index (χ4v) is 3.12. The Hall–Kier alpha value is -0.690. The molecule has 0 aliphatic heterocycles. The molecule has 21 heavy (non-hydrogen) atoms. The lowest BCUT2D eigenvalue weighted by molar-refractivity contribution is 0.397. The molecule has 0 aromatic heterocycles. The highest BCUT2D eigenvalue weighted by molar-refractivity contribution is 7.89. The fraction of sp³-hybridized carbons (Fsp3) is 0.571. The van der Waals surface area contributed by atoms with Gasteiger partial charge in [0.15, 0.2) is 0 Å². The second kappa shape index (κ2) is 8.08. The third-order valence-electron chi connectivity index (χ3n) is 3.36. The summed E-state index contributed by atoms with van der Waals surface area (Å²) in [6.45, 7) is 5.97. The molecular formula is C14H24ClFN2O2S. The van der Waals surface area contributed by atoms with Crippen LogP contribution in [0.2, 0.25) is 0 Å². The summed E-state index contributed by atoms with van der Waals surface area (Å²) in [5.41, 5.74) is 6.49. The van der Waals surface area contributed by atoms with E-state index in [-0.39, 0.29) is 23.3 Å². The van der Waals surface area contributed by atoms with Gasteiger partial charge in [-0.05, 0) is 43.0 Å². The van der Waals surface area contributed by atoms with Crippen molar-refractivity contribution in [1.29, 1.82) is 0 Å². The van der Waals surface area contributed by atoms with Crippen molar-refractivity contribution in [3.63, 3.8) is 0 Å². The Kier molecular flexibility index (Phi) is 7.81. The summed E-state index contributed by atoms with van der Waals surface area (Å²) in [6.07, 6.45) is 0.571. The molecule has 2 N–H and O–H groups in total. The van der Waals surface area contributed by atoms with Crippen LogP contribution < -0.4 is 5.73 Å². The molecule has 0 amide bonds. The number of benzene rings is 1. The number of hydrogen-bond donors (Lipinski definition) is 1. The number of nitrogens with zero attached hydrogens (tertiary/aromatic N) is 1. The molecule has 0 fully saturated rings. The van der Waals surface area contributed by atoms with Crippen molar-refractivity contribution < 1.29 is 12.8 Å². The van der Waals surface area contributed by atoms with Gasteiger partial charge in [-0.2, -0.15) is 0 Å². The van der Waals surface area contributed by atoms with Crippen LogP contribution in [0.1, 0.15) is 25.8 Å². The molecule has 7 heteroatoms. The largest absolute Gasteiger partial charge is 0.327 e. The Morgan fingerprint density at radius 2 is 1.86 bits per heavy atom. The van der Waals surface area contributed by atoms with E-state index in [9.17, 15) is 12.8 Å². The molecule has 122 valence electrons.